The van der Waals surface area contributed by atoms with Crippen molar-refractivity contribution in [1.82, 2.24) is 9.88 Å². The molecule has 3 aromatic rings. The molecule has 0 saturated carbocycles. The van der Waals surface area contributed by atoms with Crippen LogP contribution in [0, 0.1) is 0 Å². The lowest BCUT2D eigenvalue weighted by molar-refractivity contribution is -0.122. The molecule has 0 bridgehead atoms. The summed E-state index contributed by atoms with van der Waals surface area (Å²) in [5, 5.41) is 17.7. The lowest BCUT2D eigenvalue weighted by Gasteiger charge is -2.34. The molecule has 2 N–H and O–H groups in total. The van der Waals surface area contributed by atoms with Crippen LogP contribution in [0.5, 0.6) is 5.75 Å². The van der Waals surface area contributed by atoms with Crippen molar-refractivity contribution in [3.05, 3.63) is 84.2 Å². The number of amides is 1. The number of para-hydroxylation sites is 1. The third-order valence-electron chi connectivity index (χ3n) is 5.59. The normalized spacial score (nSPS) is 10.7. The van der Waals surface area contributed by atoms with Gasteiger partial charge in [0, 0.05) is 23.5 Å². The Labute approximate surface area is 213 Å². The van der Waals surface area contributed by atoms with Gasteiger partial charge in [-0.1, -0.05) is 62.6 Å². The van der Waals surface area contributed by atoms with Crippen molar-refractivity contribution in [2.24, 2.45) is 0 Å². The van der Waals surface area contributed by atoms with E-state index in [1.54, 1.807) is 38.4 Å². The third-order valence-corrected chi connectivity index (χ3v) is 5.59. The van der Waals surface area contributed by atoms with E-state index < -0.39 is 5.72 Å². The maximum atomic E-state index is 13.4. The van der Waals surface area contributed by atoms with Crippen molar-refractivity contribution >= 4 is 12.4 Å². The molecule has 36 heavy (non-hydrogen) atoms. The highest BCUT2D eigenvalue weighted by Gasteiger charge is 2.30. The van der Waals surface area contributed by atoms with E-state index in [2.05, 4.69) is 11.9 Å². The zero-order valence-corrected chi connectivity index (χ0v) is 21.3. The number of nitrogens with zero attached hydrogens (tertiary/aromatic N) is 2. The molecular formula is C29H36N2O5. The standard InChI is InChI=1S/C28H34N2O3.CH2O2/c1-4-5-6-9-19-33-26-13-8-7-11-25(26)21-30(28(2,3)32)27(31)23-16-14-22(15-17-23)24-12-10-18-29-20-24;2-1-3/h7-8,10-18,20,32H,4-6,9,19,21H2,1-3H3;1H,(H,2,3). The lowest BCUT2D eigenvalue weighted by atomic mass is 10.0. The molecule has 192 valence electrons. The van der Waals surface area contributed by atoms with Crippen LogP contribution in [0.1, 0.15) is 62.4 Å². The molecule has 1 heterocycles. The Morgan fingerprint density at radius 3 is 2.31 bits per heavy atom. The number of aromatic nitrogens is 1. The maximum Gasteiger partial charge on any atom is 0.290 e. The highest BCUT2D eigenvalue weighted by Crippen LogP contribution is 2.26. The van der Waals surface area contributed by atoms with E-state index in [0.29, 0.717) is 12.2 Å². The van der Waals surface area contributed by atoms with Gasteiger partial charge in [0.05, 0.1) is 13.2 Å². The Hall–Kier alpha value is -3.71. The SMILES string of the molecule is CCCCCCOc1ccccc1CN(C(=O)c1ccc(-c2cccnc2)cc1)C(C)(C)O.O=CO. The summed E-state index contributed by atoms with van der Waals surface area (Å²) in [7, 11) is 0. The summed E-state index contributed by atoms with van der Waals surface area (Å²) in [4.78, 5) is 27.4. The topological polar surface area (TPSA) is 100.0 Å². The first kappa shape index (κ1) is 28.5. The predicted molar refractivity (Wildman–Crippen MR) is 141 cm³/mol. The number of pyridine rings is 1. The predicted octanol–water partition coefficient (Wildman–Crippen LogP) is 5.78. The van der Waals surface area contributed by atoms with Crippen molar-refractivity contribution in [1.29, 1.82) is 0 Å². The molecular weight excluding hydrogens is 456 g/mol. The number of carboxylic acid groups (broad SMARTS) is 1. The first-order chi connectivity index (χ1) is 17.3. The molecule has 0 fully saturated rings. The average Bonchev–Trinajstić information content (AvgIpc) is 2.88. The van der Waals surface area contributed by atoms with Gasteiger partial charge < -0.3 is 19.8 Å². The summed E-state index contributed by atoms with van der Waals surface area (Å²) in [6.45, 7) is 6.08. The van der Waals surface area contributed by atoms with Gasteiger partial charge >= 0.3 is 0 Å². The molecule has 2 aromatic carbocycles. The number of rotatable bonds is 11. The summed E-state index contributed by atoms with van der Waals surface area (Å²) < 4.78 is 6.02. The van der Waals surface area contributed by atoms with Crippen LogP contribution >= 0.6 is 0 Å². The number of aliphatic hydroxyl groups is 1. The van der Waals surface area contributed by atoms with Crippen LogP contribution < -0.4 is 4.74 Å². The Balaban J connectivity index is 0.00000145. The summed E-state index contributed by atoms with van der Waals surface area (Å²) in [5.41, 5.74) is 2.02. The Morgan fingerprint density at radius 2 is 1.69 bits per heavy atom. The van der Waals surface area contributed by atoms with Gasteiger partial charge in [-0.25, -0.2) is 0 Å². The third kappa shape index (κ3) is 8.82. The highest BCUT2D eigenvalue weighted by molar-refractivity contribution is 5.95. The van der Waals surface area contributed by atoms with Crippen LogP contribution in [0.4, 0.5) is 0 Å². The fourth-order valence-corrected chi connectivity index (χ4v) is 3.66. The molecule has 0 saturated heterocycles. The highest BCUT2D eigenvalue weighted by atomic mass is 16.5. The van der Waals surface area contributed by atoms with Gasteiger partial charge in [-0.05, 0) is 55.7 Å². The van der Waals surface area contributed by atoms with Gasteiger partial charge in [0.1, 0.15) is 11.5 Å². The van der Waals surface area contributed by atoms with E-state index in [9.17, 15) is 9.90 Å². The Kier molecular flexibility index (Phi) is 11.6. The summed E-state index contributed by atoms with van der Waals surface area (Å²) >= 11 is 0. The largest absolute Gasteiger partial charge is 0.493 e. The molecule has 7 nitrogen and oxygen atoms in total. The van der Waals surface area contributed by atoms with Crippen LogP contribution in [0.2, 0.25) is 0 Å². The quantitative estimate of drug-likeness (QED) is 0.200. The number of unbranched alkanes of at least 4 members (excludes halogenated alkanes) is 3. The molecule has 0 radical (unpaired) electrons. The molecule has 0 aliphatic rings. The summed E-state index contributed by atoms with van der Waals surface area (Å²) in [5.74, 6) is 0.515. The Morgan fingerprint density at radius 1 is 1.00 bits per heavy atom. The number of hydrogen-bond donors (Lipinski definition) is 2. The van der Waals surface area contributed by atoms with Gasteiger partial charge in [-0.3, -0.25) is 14.6 Å². The van der Waals surface area contributed by atoms with Crippen molar-refractivity contribution < 1.29 is 24.5 Å². The van der Waals surface area contributed by atoms with Gasteiger partial charge in [-0.2, -0.15) is 0 Å². The van der Waals surface area contributed by atoms with E-state index in [4.69, 9.17) is 14.6 Å². The number of ether oxygens (including phenoxy) is 1. The molecule has 0 atom stereocenters. The molecule has 3 rings (SSSR count). The minimum absolute atomic E-state index is 0.238. The fraction of sp³-hybridized carbons (Fsp3) is 0.345. The van der Waals surface area contributed by atoms with Gasteiger partial charge in [0.25, 0.3) is 12.4 Å². The minimum atomic E-state index is -1.34. The molecule has 0 aliphatic carbocycles. The minimum Gasteiger partial charge on any atom is -0.493 e. The van der Waals surface area contributed by atoms with Crippen LogP contribution in [0.15, 0.2) is 73.1 Å². The molecule has 7 heteroatoms. The smallest absolute Gasteiger partial charge is 0.290 e. The van der Waals surface area contributed by atoms with E-state index in [0.717, 1.165) is 35.3 Å². The van der Waals surface area contributed by atoms with E-state index >= 15 is 0 Å². The van der Waals surface area contributed by atoms with E-state index in [-0.39, 0.29) is 18.9 Å². The first-order valence-corrected chi connectivity index (χ1v) is 12.1. The Bertz CT molecular complexity index is 1060. The van der Waals surface area contributed by atoms with Gasteiger partial charge in [0.2, 0.25) is 0 Å². The molecule has 1 aromatic heterocycles. The zero-order chi connectivity index (χ0) is 26.4. The second-order valence-corrected chi connectivity index (χ2v) is 8.83. The molecule has 0 unspecified atom stereocenters. The van der Waals surface area contributed by atoms with Crippen LogP contribution in [0.3, 0.4) is 0 Å². The van der Waals surface area contributed by atoms with Crippen molar-refractivity contribution in [3.8, 4) is 16.9 Å². The van der Waals surface area contributed by atoms with Crippen LogP contribution in [-0.4, -0.2) is 44.8 Å². The number of carbonyl (C=O) groups excluding carboxylic acids is 1. The second-order valence-electron chi connectivity index (χ2n) is 8.83. The number of benzene rings is 2. The second kappa shape index (κ2) is 14.6. The molecule has 0 aliphatic heterocycles. The lowest BCUT2D eigenvalue weighted by Crippen LogP contribution is -2.47. The molecule has 0 spiro atoms. The van der Waals surface area contributed by atoms with Crippen molar-refractivity contribution in [3.63, 3.8) is 0 Å². The number of carbonyl (C=O) groups is 2. The summed E-state index contributed by atoms with van der Waals surface area (Å²) in [6.07, 6.45) is 8.05. The van der Waals surface area contributed by atoms with E-state index in [1.807, 2.05) is 48.5 Å². The zero-order valence-electron chi connectivity index (χ0n) is 21.3. The van der Waals surface area contributed by atoms with Crippen LogP contribution in [-0.2, 0) is 11.3 Å². The number of hydrogen-bond acceptors (Lipinski definition) is 5. The first-order valence-electron chi connectivity index (χ1n) is 12.1. The maximum absolute atomic E-state index is 13.4. The van der Waals surface area contributed by atoms with Crippen molar-refractivity contribution in [2.45, 2.75) is 58.7 Å². The van der Waals surface area contributed by atoms with E-state index in [1.165, 1.54) is 17.7 Å². The average molecular weight is 493 g/mol. The fourth-order valence-electron chi connectivity index (χ4n) is 3.66. The molecule has 1 amide bonds. The monoisotopic (exact) mass is 492 g/mol. The van der Waals surface area contributed by atoms with Crippen molar-refractivity contribution in [2.75, 3.05) is 6.61 Å². The summed E-state index contributed by atoms with van der Waals surface area (Å²) in [6, 6.07) is 19.0. The van der Waals surface area contributed by atoms with Crippen LogP contribution in [0.25, 0.3) is 11.1 Å². The van der Waals surface area contributed by atoms with Gasteiger partial charge in [0.15, 0.2) is 0 Å². The van der Waals surface area contributed by atoms with Gasteiger partial charge in [-0.15, -0.1) is 0 Å².